The first kappa shape index (κ1) is 32.7. The lowest BCUT2D eigenvalue weighted by atomic mass is 9.85. The first-order chi connectivity index (χ1) is 20.7. The Kier molecular flexibility index (Phi) is 9.80. The van der Waals surface area contributed by atoms with Crippen molar-refractivity contribution in [1.29, 1.82) is 0 Å². The summed E-state index contributed by atoms with van der Waals surface area (Å²) in [6.07, 6.45) is -0.906. The van der Waals surface area contributed by atoms with Gasteiger partial charge in [-0.25, -0.2) is 13.6 Å². The van der Waals surface area contributed by atoms with Crippen molar-refractivity contribution in [1.82, 2.24) is 20.0 Å². The van der Waals surface area contributed by atoms with Crippen molar-refractivity contribution in [2.45, 2.75) is 77.9 Å². The van der Waals surface area contributed by atoms with E-state index in [4.69, 9.17) is 9.47 Å². The van der Waals surface area contributed by atoms with E-state index in [2.05, 4.69) is 5.32 Å². The van der Waals surface area contributed by atoms with Crippen molar-refractivity contribution < 1.29 is 37.4 Å². The number of rotatable bonds is 8. The first-order valence-electron chi connectivity index (χ1n) is 14.6. The molecule has 5 atom stereocenters. The summed E-state index contributed by atoms with van der Waals surface area (Å²) < 4.78 is 38.9. The molecule has 2 saturated heterocycles. The fourth-order valence-electron chi connectivity index (χ4n) is 5.71. The minimum absolute atomic E-state index is 0.0457. The summed E-state index contributed by atoms with van der Waals surface area (Å²) in [4.78, 5) is 57.1. The lowest BCUT2D eigenvalue weighted by Crippen LogP contribution is -2.60. The van der Waals surface area contributed by atoms with Crippen LogP contribution in [0.25, 0.3) is 0 Å². The highest BCUT2D eigenvalue weighted by molar-refractivity contribution is 5.92. The third-order valence-corrected chi connectivity index (χ3v) is 8.30. The highest BCUT2D eigenvalue weighted by atomic mass is 19.2. The molecule has 2 aromatic carbocycles. The number of likely N-dealkylation sites (tertiary alicyclic amines) is 2. The van der Waals surface area contributed by atoms with Crippen molar-refractivity contribution >= 4 is 23.8 Å². The monoisotopic (exact) mass is 614 g/mol. The number of carbonyl (C=O) groups is 4. The van der Waals surface area contributed by atoms with Gasteiger partial charge in [-0.15, -0.1) is 0 Å². The van der Waals surface area contributed by atoms with E-state index in [1.807, 2.05) is 51.1 Å². The van der Waals surface area contributed by atoms with E-state index in [1.54, 1.807) is 16.7 Å². The van der Waals surface area contributed by atoms with Crippen LogP contribution >= 0.6 is 0 Å². The van der Waals surface area contributed by atoms with Crippen LogP contribution in [-0.4, -0.2) is 88.9 Å². The molecule has 4 amide bonds. The molecule has 0 spiro atoms. The third kappa shape index (κ3) is 7.11. The molecule has 2 aromatic rings. The predicted molar refractivity (Wildman–Crippen MR) is 157 cm³/mol. The summed E-state index contributed by atoms with van der Waals surface area (Å²) in [6, 6.07) is 9.48. The van der Waals surface area contributed by atoms with E-state index in [-0.39, 0.29) is 36.8 Å². The van der Waals surface area contributed by atoms with Gasteiger partial charge in [0, 0.05) is 26.6 Å². The zero-order chi connectivity index (χ0) is 32.3. The fraction of sp³-hybridized carbons (Fsp3) is 0.500. The Morgan fingerprint density at radius 3 is 2.34 bits per heavy atom. The molecule has 0 aromatic heterocycles. The van der Waals surface area contributed by atoms with Crippen molar-refractivity contribution in [2.24, 2.45) is 5.41 Å². The van der Waals surface area contributed by atoms with Crippen molar-refractivity contribution in [3.8, 4) is 5.75 Å². The number of halogens is 2. The van der Waals surface area contributed by atoms with Gasteiger partial charge >= 0.3 is 6.09 Å². The van der Waals surface area contributed by atoms with E-state index in [0.29, 0.717) is 13.0 Å². The minimum atomic E-state index is -1.07. The van der Waals surface area contributed by atoms with Crippen LogP contribution < -0.4 is 10.1 Å². The van der Waals surface area contributed by atoms with E-state index < -0.39 is 53.3 Å². The molecule has 2 heterocycles. The molecular formula is C32H40F2N4O6. The van der Waals surface area contributed by atoms with Crippen LogP contribution in [0.1, 0.15) is 46.6 Å². The molecule has 2 aliphatic heterocycles. The zero-order valence-electron chi connectivity index (χ0n) is 25.9. The quantitative estimate of drug-likeness (QED) is 0.486. The third-order valence-electron chi connectivity index (χ3n) is 8.30. The van der Waals surface area contributed by atoms with Gasteiger partial charge in [-0.05, 0) is 36.5 Å². The van der Waals surface area contributed by atoms with Crippen LogP contribution in [-0.2, 0) is 25.7 Å². The topological polar surface area (TPSA) is 108 Å². The van der Waals surface area contributed by atoms with Gasteiger partial charge in [0.05, 0.1) is 18.6 Å². The second-order valence-corrected chi connectivity index (χ2v) is 12.4. The molecule has 10 nitrogen and oxygen atoms in total. The van der Waals surface area contributed by atoms with Crippen LogP contribution in [0.15, 0.2) is 48.5 Å². The van der Waals surface area contributed by atoms with Crippen LogP contribution in [0, 0.1) is 17.0 Å². The molecule has 0 aliphatic carbocycles. The van der Waals surface area contributed by atoms with Crippen LogP contribution in [0.3, 0.4) is 0 Å². The van der Waals surface area contributed by atoms with E-state index >= 15 is 0 Å². The van der Waals surface area contributed by atoms with Gasteiger partial charge in [-0.3, -0.25) is 19.3 Å². The van der Waals surface area contributed by atoms with Crippen molar-refractivity contribution in [2.75, 3.05) is 20.1 Å². The highest BCUT2D eigenvalue weighted by Crippen LogP contribution is 2.36. The Bertz CT molecular complexity index is 1380. The average molecular weight is 615 g/mol. The van der Waals surface area contributed by atoms with Crippen molar-refractivity contribution in [3.05, 3.63) is 65.7 Å². The lowest BCUT2D eigenvalue weighted by molar-refractivity contribution is -0.142. The first-order valence-corrected chi connectivity index (χ1v) is 14.6. The second kappa shape index (κ2) is 13.2. The maximum absolute atomic E-state index is 14.2. The van der Waals surface area contributed by atoms with Gasteiger partial charge in [0.15, 0.2) is 11.6 Å². The number of hydrogen-bond acceptors (Lipinski definition) is 6. The molecule has 1 N–H and O–H groups in total. The zero-order valence-corrected chi connectivity index (χ0v) is 25.9. The van der Waals surface area contributed by atoms with Gasteiger partial charge in [0.1, 0.15) is 30.5 Å². The summed E-state index contributed by atoms with van der Waals surface area (Å²) in [5.74, 6) is -3.11. The predicted octanol–water partition coefficient (Wildman–Crippen LogP) is 3.73. The number of benzene rings is 2. The number of ether oxygens (including phenoxy) is 2. The van der Waals surface area contributed by atoms with E-state index in [9.17, 15) is 28.0 Å². The lowest BCUT2D eigenvalue weighted by Gasteiger charge is -2.37. The smallest absolute Gasteiger partial charge is 0.410 e. The molecule has 4 rings (SSSR count). The maximum atomic E-state index is 14.2. The van der Waals surface area contributed by atoms with Gasteiger partial charge in [0.2, 0.25) is 17.7 Å². The highest BCUT2D eigenvalue weighted by Gasteiger charge is 2.54. The number of hydrogen-bond donors (Lipinski definition) is 1. The SMILES string of the molecule is CC(=O)N1C[C@H](Oc2ccc(F)c(F)c2)[C@@H]2[C@H]1CCN2C(=O)C(NC(=O)[C@H](C)N(C)C(=O)OCc1ccccc1)C(C)(C)C. The Hall–Kier alpha value is -4.22. The van der Waals surface area contributed by atoms with E-state index in [0.717, 1.165) is 17.7 Å². The van der Waals surface area contributed by atoms with Gasteiger partial charge in [-0.1, -0.05) is 51.1 Å². The molecular weight excluding hydrogens is 574 g/mol. The van der Waals surface area contributed by atoms with Gasteiger partial charge < -0.3 is 24.6 Å². The summed E-state index contributed by atoms with van der Waals surface area (Å²) in [6.45, 7) is 8.94. The molecule has 0 bridgehead atoms. The molecule has 44 heavy (non-hydrogen) atoms. The molecule has 0 saturated carbocycles. The van der Waals surface area contributed by atoms with Gasteiger partial charge in [-0.2, -0.15) is 0 Å². The largest absolute Gasteiger partial charge is 0.486 e. The minimum Gasteiger partial charge on any atom is -0.486 e. The number of nitrogens with one attached hydrogen (secondary N) is 1. The Balaban J connectivity index is 1.49. The molecule has 238 valence electrons. The number of likely N-dealkylation sites (N-methyl/N-ethyl adjacent to an activating group) is 1. The normalized spacial score (nSPS) is 20.9. The summed E-state index contributed by atoms with van der Waals surface area (Å²) >= 11 is 0. The van der Waals surface area contributed by atoms with Crippen molar-refractivity contribution in [3.63, 3.8) is 0 Å². The molecule has 0 radical (unpaired) electrons. The molecule has 2 aliphatic rings. The Morgan fingerprint density at radius 2 is 1.73 bits per heavy atom. The Labute approximate surface area is 256 Å². The fourth-order valence-corrected chi connectivity index (χ4v) is 5.71. The maximum Gasteiger partial charge on any atom is 0.410 e. The number of amides is 4. The number of fused-ring (bicyclic) bond motifs is 1. The molecule has 2 fully saturated rings. The van der Waals surface area contributed by atoms with Crippen LogP contribution in [0.2, 0.25) is 0 Å². The molecule has 1 unspecified atom stereocenters. The Morgan fingerprint density at radius 1 is 1.05 bits per heavy atom. The molecule has 12 heteroatoms. The number of nitrogens with zero attached hydrogens (tertiary/aromatic N) is 3. The summed E-state index contributed by atoms with van der Waals surface area (Å²) in [5, 5.41) is 2.84. The van der Waals surface area contributed by atoms with Gasteiger partial charge in [0.25, 0.3) is 0 Å². The van der Waals surface area contributed by atoms with E-state index in [1.165, 1.54) is 24.9 Å². The van der Waals surface area contributed by atoms with Crippen LogP contribution in [0.4, 0.5) is 13.6 Å². The van der Waals surface area contributed by atoms with Crippen LogP contribution in [0.5, 0.6) is 5.75 Å². The summed E-state index contributed by atoms with van der Waals surface area (Å²) in [5.41, 5.74) is 0.0717. The number of carbonyl (C=O) groups excluding carboxylic acids is 4. The second-order valence-electron chi connectivity index (χ2n) is 12.4. The summed E-state index contributed by atoms with van der Waals surface area (Å²) in [7, 11) is 1.45. The average Bonchev–Trinajstić information content (AvgIpc) is 3.56. The standard InChI is InChI=1S/C32H40F2N4O6/c1-19(36(6)31(42)43-18-21-10-8-7-9-11-21)29(40)35-28(32(3,4)5)30(41)37-15-14-25-27(37)26(17-38(25)20(2)39)44-22-12-13-23(33)24(34)16-22/h7-13,16,19,25-28H,14-15,17-18H2,1-6H3,(H,35,40)/t19-,25+,26-,27-,28?/m0/s1.